The van der Waals surface area contributed by atoms with Crippen LogP contribution in [0.4, 0.5) is 0 Å². The number of primary amides is 1. The lowest BCUT2D eigenvalue weighted by Gasteiger charge is -2.32. The van der Waals surface area contributed by atoms with Gasteiger partial charge in [-0.15, -0.1) is 0 Å². The molecule has 0 radical (unpaired) electrons. The maximum Gasteiger partial charge on any atom is 0.234 e. The van der Waals surface area contributed by atoms with Gasteiger partial charge in [0.25, 0.3) is 0 Å². The van der Waals surface area contributed by atoms with E-state index in [2.05, 4.69) is 30.0 Å². The average Bonchev–Trinajstić information content (AvgIpc) is 2.28. The van der Waals surface area contributed by atoms with E-state index in [9.17, 15) is 4.79 Å². The van der Waals surface area contributed by atoms with Gasteiger partial charge in [0.2, 0.25) is 5.91 Å². The van der Waals surface area contributed by atoms with E-state index in [1.54, 1.807) is 0 Å². The molecule has 0 spiro atoms. The Hall–Kier alpha value is -1.35. The van der Waals surface area contributed by atoms with Crippen LogP contribution in [0.2, 0.25) is 0 Å². The topological polar surface area (TPSA) is 46.3 Å². The molecular weight excluding hydrogens is 200 g/mol. The first-order valence-corrected chi connectivity index (χ1v) is 5.70. The Labute approximate surface area is 96.2 Å². The van der Waals surface area contributed by atoms with Crippen LogP contribution in [0.5, 0.6) is 0 Å². The quantitative estimate of drug-likeness (QED) is 0.811. The predicted molar refractivity (Wildman–Crippen MR) is 63.9 cm³/mol. The van der Waals surface area contributed by atoms with Gasteiger partial charge < -0.3 is 5.73 Å². The van der Waals surface area contributed by atoms with Gasteiger partial charge in [-0.25, -0.2) is 0 Å². The molecule has 1 aromatic rings. The van der Waals surface area contributed by atoms with Crippen LogP contribution in [-0.4, -0.2) is 23.4 Å². The van der Waals surface area contributed by atoms with Crippen LogP contribution in [-0.2, 0) is 17.8 Å². The van der Waals surface area contributed by atoms with Crippen LogP contribution in [0.1, 0.15) is 23.6 Å². The van der Waals surface area contributed by atoms with Gasteiger partial charge in [-0.05, 0) is 37.0 Å². The third kappa shape index (κ3) is 1.95. The summed E-state index contributed by atoms with van der Waals surface area (Å²) in [5, 5.41) is 0. The van der Waals surface area contributed by atoms with Crippen LogP contribution >= 0.6 is 0 Å². The number of hydrogen-bond acceptors (Lipinski definition) is 2. The van der Waals surface area contributed by atoms with Crippen molar-refractivity contribution in [3.8, 4) is 0 Å². The lowest BCUT2D eigenvalue weighted by atomic mass is 9.95. The number of nitrogens with zero attached hydrogens (tertiary/aromatic N) is 1. The van der Waals surface area contributed by atoms with Gasteiger partial charge in [-0.2, -0.15) is 0 Å². The molecule has 1 amide bonds. The fourth-order valence-electron chi connectivity index (χ4n) is 2.28. The molecule has 1 aromatic carbocycles. The molecule has 1 atom stereocenters. The zero-order valence-corrected chi connectivity index (χ0v) is 9.86. The Morgan fingerprint density at radius 1 is 1.50 bits per heavy atom. The number of amides is 1. The molecule has 2 rings (SSSR count). The highest BCUT2D eigenvalue weighted by Gasteiger charge is 2.24. The van der Waals surface area contributed by atoms with Crippen LogP contribution in [0, 0.1) is 6.92 Å². The highest BCUT2D eigenvalue weighted by Crippen LogP contribution is 2.23. The van der Waals surface area contributed by atoms with Gasteiger partial charge in [-0.1, -0.05) is 18.2 Å². The summed E-state index contributed by atoms with van der Waals surface area (Å²) < 4.78 is 0. The van der Waals surface area contributed by atoms with Crippen molar-refractivity contribution in [1.29, 1.82) is 0 Å². The molecule has 1 aliphatic heterocycles. The van der Waals surface area contributed by atoms with Crippen molar-refractivity contribution in [2.75, 3.05) is 6.54 Å². The fraction of sp³-hybridized carbons (Fsp3) is 0.462. The van der Waals surface area contributed by atoms with E-state index in [1.807, 2.05) is 6.92 Å². The highest BCUT2D eigenvalue weighted by molar-refractivity contribution is 5.79. The number of carbonyl (C=O) groups is 1. The third-order valence-electron chi connectivity index (χ3n) is 3.50. The van der Waals surface area contributed by atoms with Crippen molar-refractivity contribution in [2.24, 2.45) is 5.73 Å². The largest absolute Gasteiger partial charge is 0.368 e. The first-order chi connectivity index (χ1) is 7.59. The van der Waals surface area contributed by atoms with E-state index in [4.69, 9.17) is 5.73 Å². The Kier molecular flexibility index (Phi) is 2.97. The minimum atomic E-state index is -0.239. The molecule has 3 heteroatoms. The molecule has 2 N–H and O–H groups in total. The Bertz CT molecular complexity index is 414. The van der Waals surface area contributed by atoms with E-state index >= 15 is 0 Å². The Morgan fingerprint density at radius 2 is 2.25 bits per heavy atom. The maximum absolute atomic E-state index is 11.2. The predicted octanol–water partition coefficient (Wildman–Crippen LogP) is 1.23. The number of benzene rings is 1. The van der Waals surface area contributed by atoms with E-state index in [0.29, 0.717) is 0 Å². The number of aryl methyl sites for hydroxylation is 1. The second-order valence-electron chi connectivity index (χ2n) is 4.51. The molecule has 16 heavy (non-hydrogen) atoms. The van der Waals surface area contributed by atoms with E-state index < -0.39 is 0 Å². The summed E-state index contributed by atoms with van der Waals surface area (Å²) in [4.78, 5) is 13.3. The molecule has 1 unspecified atom stereocenters. The second-order valence-corrected chi connectivity index (χ2v) is 4.51. The van der Waals surface area contributed by atoms with Gasteiger partial charge in [0, 0.05) is 13.1 Å². The number of nitrogens with two attached hydrogens (primary N) is 1. The van der Waals surface area contributed by atoms with Crippen molar-refractivity contribution in [3.63, 3.8) is 0 Å². The number of fused-ring (bicyclic) bond motifs is 1. The van der Waals surface area contributed by atoms with Gasteiger partial charge in [-0.3, -0.25) is 9.69 Å². The molecule has 0 saturated heterocycles. The highest BCUT2D eigenvalue weighted by atomic mass is 16.1. The molecule has 0 bridgehead atoms. The molecule has 1 aliphatic rings. The SMILES string of the molecule is Cc1cccc2c1CN(C(C)C(N)=O)CC2. The number of hydrogen-bond donors (Lipinski definition) is 1. The van der Waals surface area contributed by atoms with Gasteiger partial charge in [0.1, 0.15) is 0 Å². The number of carbonyl (C=O) groups excluding carboxylic acids is 1. The van der Waals surface area contributed by atoms with Crippen molar-refractivity contribution >= 4 is 5.91 Å². The van der Waals surface area contributed by atoms with Crippen LogP contribution in [0.25, 0.3) is 0 Å². The monoisotopic (exact) mass is 218 g/mol. The first-order valence-electron chi connectivity index (χ1n) is 5.70. The van der Waals surface area contributed by atoms with Crippen molar-refractivity contribution in [3.05, 3.63) is 34.9 Å². The summed E-state index contributed by atoms with van der Waals surface area (Å²) in [5.74, 6) is -0.239. The minimum Gasteiger partial charge on any atom is -0.368 e. The van der Waals surface area contributed by atoms with Crippen LogP contribution < -0.4 is 5.73 Å². The third-order valence-corrected chi connectivity index (χ3v) is 3.50. The smallest absolute Gasteiger partial charge is 0.234 e. The molecule has 0 saturated carbocycles. The summed E-state index contributed by atoms with van der Waals surface area (Å²) >= 11 is 0. The van der Waals surface area contributed by atoms with Crippen molar-refractivity contribution < 1.29 is 4.79 Å². The second kappa shape index (κ2) is 4.26. The standard InChI is InChI=1S/C13H18N2O/c1-9-4-3-5-11-6-7-15(8-12(9)11)10(2)13(14)16/h3-5,10H,6-8H2,1-2H3,(H2,14,16). The van der Waals surface area contributed by atoms with Crippen LogP contribution in [0.15, 0.2) is 18.2 Å². The lowest BCUT2D eigenvalue weighted by Crippen LogP contribution is -2.45. The molecule has 0 fully saturated rings. The molecule has 86 valence electrons. The summed E-state index contributed by atoms with van der Waals surface area (Å²) in [5.41, 5.74) is 9.42. The van der Waals surface area contributed by atoms with Crippen LogP contribution in [0.3, 0.4) is 0 Å². The lowest BCUT2D eigenvalue weighted by molar-refractivity contribution is -0.123. The fourth-order valence-corrected chi connectivity index (χ4v) is 2.28. The molecule has 0 aromatic heterocycles. The van der Waals surface area contributed by atoms with Gasteiger partial charge in [0.05, 0.1) is 6.04 Å². The zero-order valence-electron chi connectivity index (χ0n) is 9.86. The molecular formula is C13H18N2O. The summed E-state index contributed by atoms with van der Waals surface area (Å²) in [6, 6.07) is 6.22. The Balaban J connectivity index is 2.23. The Morgan fingerprint density at radius 3 is 2.94 bits per heavy atom. The van der Waals surface area contributed by atoms with Gasteiger partial charge in [0.15, 0.2) is 0 Å². The van der Waals surface area contributed by atoms with Crippen molar-refractivity contribution in [1.82, 2.24) is 4.90 Å². The van der Waals surface area contributed by atoms with E-state index in [-0.39, 0.29) is 11.9 Å². The minimum absolute atomic E-state index is 0.173. The van der Waals surface area contributed by atoms with Crippen molar-refractivity contribution in [2.45, 2.75) is 32.9 Å². The average molecular weight is 218 g/mol. The number of rotatable bonds is 2. The first kappa shape index (κ1) is 11.1. The van der Waals surface area contributed by atoms with E-state index in [0.717, 1.165) is 19.5 Å². The maximum atomic E-state index is 11.2. The summed E-state index contributed by atoms with van der Waals surface area (Å²) in [6.45, 7) is 5.76. The summed E-state index contributed by atoms with van der Waals surface area (Å²) in [6.07, 6.45) is 1.01. The molecule has 1 heterocycles. The van der Waals surface area contributed by atoms with E-state index in [1.165, 1.54) is 16.7 Å². The van der Waals surface area contributed by atoms with Gasteiger partial charge >= 0.3 is 0 Å². The summed E-state index contributed by atoms with van der Waals surface area (Å²) in [7, 11) is 0. The normalized spacial score (nSPS) is 17.9. The zero-order chi connectivity index (χ0) is 11.7. The molecule has 0 aliphatic carbocycles. The molecule has 3 nitrogen and oxygen atoms in total.